The van der Waals surface area contributed by atoms with Gasteiger partial charge in [-0.2, -0.15) is 0 Å². The van der Waals surface area contributed by atoms with E-state index in [1.165, 1.54) is 0 Å². The van der Waals surface area contributed by atoms with Crippen molar-refractivity contribution in [3.63, 3.8) is 0 Å². The van der Waals surface area contributed by atoms with Crippen LogP contribution in [0.3, 0.4) is 0 Å². The zero-order chi connectivity index (χ0) is 23.3. The minimum Gasteiger partial charge on any atom is -0.350 e. The van der Waals surface area contributed by atoms with Gasteiger partial charge in [0.15, 0.2) is 9.84 Å². The minimum atomic E-state index is -3.04. The second kappa shape index (κ2) is 10.5. The van der Waals surface area contributed by atoms with E-state index >= 15 is 0 Å². The first-order valence-electron chi connectivity index (χ1n) is 11.6. The van der Waals surface area contributed by atoms with E-state index in [2.05, 4.69) is 10.6 Å². The van der Waals surface area contributed by atoms with Crippen molar-refractivity contribution < 1.29 is 18.0 Å². The molecule has 4 rings (SSSR count). The Balaban J connectivity index is 1.41. The smallest absolute Gasteiger partial charge is 0.242 e. The molecule has 0 aromatic heterocycles. The van der Waals surface area contributed by atoms with Gasteiger partial charge >= 0.3 is 0 Å². The van der Waals surface area contributed by atoms with Crippen molar-refractivity contribution in [1.82, 2.24) is 10.2 Å². The summed E-state index contributed by atoms with van der Waals surface area (Å²) in [6.45, 7) is 0.984. The van der Waals surface area contributed by atoms with Gasteiger partial charge in [0.2, 0.25) is 11.8 Å². The lowest BCUT2D eigenvalue weighted by atomic mass is 10.0. The fourth-order valence-corrected chi connectivity index (χ4v) is 5.85. The summed E-state index contributed by atoms with van der Waals surface area (Å²) in [5.74, 6) is 0.116. The zero-order valence-corrected chi connectivity index (χ0v) is 19.5. The summed E-state index contributed by atoms with van der Waals surface area (Å²) >= 11 is 0. The summed E-state index contributed by atoms with van der Waals surface area (Å²) in [6, 6.07) is 16.4. The van der Waals surface area contributed by atoms with Gasteiger partial charge in [-0.25, -0.2) is 8.42 Å². The van der Waals surface area contributed by atoms with Crippen molar-refractivity contribution in [3.8, 4) is 0 Å². The third-order valence-corrected chi connectivity index (χ3v) is 8.10. The van der Waals surface area contributed by atoms with Crippen LogP contribution in [0.5, 0.6) is 0 Å². The van der Waals surface area contributed by atoms with Crippen LogP contribution >= 0.6 is 0 Å². The maximum absolute atomic E-state index is 13.2. The molecule has 33 heavy (non-hydrogen) atoms. The van der Waals surface area contributed by atoms with E-state index in [0.717, 1.165) is 42.5 Å². The monoisotopic (exact) mass is 469 g/mol. The average Bonchev–Trinajstić information content (AvgIpc) is 3.35. The average molecular weight is 470 g/mol. The molecule has 2 aliphatic rings. The molecular formula is C25H31N3O4S. The number of hydrogen-bond donors (Lipinski definition) is 2. The Morgan fingerprint density at radius 2 is 1.67 bits per heavy atom. The topological polar surface area (TPSA) is 95.6 Å². The van der Waals surface area contributed by atoms with E-state index in [1.807, 2.05) is 59.5 Å². The predicted molar refractivity (Wildman–Crippen MR) is 128 cm³/mol. The second-order valence-corrected chi connectivity index (χ2v) is 11.2. The zero-order valence-electron chi connectivity index (χ0n) is 18.7. The van der Waals surface area contributed by atoms with Gasteiger partial charge in [0, 0.05) is 31.2 Å². The van der Waals surface area contributed by atoms with Crippen LogP contribution in [0.2, 0.25) is 0 Å². The Hall–Kier alpha value is -2.71. The molecule has 2 fully saturated rings. The standard InChI is InChI=1S/C25H31N3O4S/c29-24(21-10-4-5-11-21)27-22-12-6-7-19(17-22)18-26-25(30)23(20-8-2-1-3-9-20)28-13-15-33(31,32)16-14-28/h1-3,6-9,12,17,21,23H,4-5,10-11,13-16,18H2,(H,26,30)(H,27,29). The Morgan fingerprint density at radius 3 is 2.36 bits per heavy atom. The minimum absolute atomic E-state index is 0.0619. The fourth-order valence-electron chi connectivity index (χ4n) is 4.63. The highest BCUT2D eigenvalue weighted by molar-refractivity contribution is 7.91. The molecule has 176 valence electrons. The molecule has 2 aromatic rings. The lowest BCUT2D eigenvalue weighted by Crippen LogP contribution is -2.47. The van der Waals surface area contributed by atoms with Gasteiger partial charge in [0.05, 0.1) is 11.5 Å². The summed E-state index contributed by atoms with van der Waals surface area (Å²) < 4.78 is 23.7. The van der Waals surface area contributed by atoms with Gasteiger partial charge in [-0.05, 0) is 36.1 Å². The molecule has 0 radical (unpaired) electrons. The molecule has 0 bridgehead atoms. The number of sulfone groups is 1. The number of amides is 2. The quantitative estimate of drug-likeness (QED) is 0.650. The molecule has 1 aliphatic carbocycles. The summed E-state index contributed by atoms with van der Waals surface area (Å²) in [5, 5.41) is 6.01. The highest BCUT2D eigenvalue weighted by atomic mass is 32.2. The summed E-state index contributed by atoms with van der Waals surface area (Å²) in [6.07, 6.45) is 4.10. The van der Waals surface area contributed by atoms with E-state index in [1.54, 1.807) is 0 Å². The van der Waals surface area contributed by atoms with E-state index in [0.29, 0.717) is 19.6 Å². The second-order valence-electron chi connectivity index (χ2n) is 8.89. The van der Waals surface area contributed by atoms with Gasteiger partial charge in [0.1, 0.15) is 6.04 Å². The van der Waals surface area contributed by atoms with E-state index in [9.17, 15) is 18.0 Å². The molecule has 1 atom stereocenters. The highest BCUT2D eigenvalue weighted by Gasteiger charge is 2.32. The fraction of sp³-hybridized carbons (Fsp3) is 0.440. The van der Waals surface area contributed by atoms with Crippen LogP contribution in [0.25, 0.3) is 0 Å². The molecule has 2 aromatic carbocycles. The molecule has 8 heteroatoms. The van der Waals surface area contributed by atoms with Crippen LogP contribution < -0.4 is 10.6 Å². The van der Waals surface area contributed by atoms with Crippen LogP contribution in [0.1, 0.15) is 42.9 Å². The van der Waals surface area contributed by atoms with Crippen LogP contribution in [0, 0.1) is 5.92 Å². The Labute approximate surface area is 195 Å². The number of anilines is 1. The number of carbonyl (C=O) groups is 2. The number of rotatable bonds is 7. The van der Waals surface area contributed by atoms with Gasteiger partial charge < -0.3 is 10.6 Å². The number of benzene rings is 2. The molecule has 1 saturated carbocycles. The Kier molecular flexibility index (Phi) is 7.45. The molecule has 1 aliphatic heterocycles. The number of nitrogens with zero attached hydrogens (tertiary/aromatic N) is 1. The van der Waals surface area contributed by atoms with Crippen molar-refractivity contribution >= 4 is 27.3 Å². The SMILES string of the molecule is O=C(Nc1cccc(CNC(=O)C(c2ccccc2)N2CCS(=O)(=O)CC2)c1)C1CCCC1. The molecule has 2 amide bonds. The van der Waals surface area contributed by atoms with Crippen molar-refractivity contribution in [2.75, 3.05) is 29.9 Å². The summed E-state index contributed by atoms with van der Waals surface area (Å²) in [5.41, 5.74) is 2.46. The number of carbonyl (C=O) groups excluding carboxylic acids is 2. The maximum Gasteiger partial charge on any atom is 0.242 e. The third-order valence-electron chi connectivity index (χ3n) is 6.50. The van der Waals surface area contributed by atoms with Crippen LogP contribution in [0.15, 0.2) is 54.6 Å². The van der Waals surface area contributed by atoms with Crippen molar-refractivity contribution in [1.29, 1.82) is 0 Å². The number of nitrogens with one attached hydrogen (secondary N) is 2. The van der Waals surface area contributed by atoms with Crippen LogP contribution in [-0.4, -0.2) is 49.7 Å². The van der Waals surface area contributed by atoms with E-state index < -0.39 is 15.9 Å². The predicted octanol–water partition coefficient (Wildman–Crippen LogP) is 2.90. The largest absolute Gasteiger partial charge is 0.350 e. The van der Waals surface area contributed by atoms with Crippen molar-refractivity contribution in [3.05, 3.63) is 65.7 Å². The molecule has 1 unspecified atom stereocenters. The molecule has 1 saturated heterocycles. The molecular weight excluding hydrogens is 438 g/mol. The molecule has 2 N–H and O–H groups in total. The van der Waals surface area contributed by atoms with E-state index in [4.69, 9.17) is 0 Å². The van der Waals surface area contributed by atoms with Gasteiger partial charge in [-0.15, -0.1) is 0 Å². The van der Waals surface area contributed by atoms with Crippen molar-refractivity contribution in [2.24, 2.45) is 5.92 Å². The number of hydrogen-bond acceptors (Lipinski definition) is 5. The normalized spacial score (nSPS) is 19.6. The first-order chi connectivity index (χ1) is 15.9. The summed E-state index contributed by atoms with van der Waals surface area (Å²) in [7, 11) is -3.04. The Bertz CT molecular complexity index is 1070. The first-order valence-corrected chi connectivity index (χ1v) is 13.4. The molecule has 1 heterocycles. The maximum atomic E-state index is 13.2. The first kappa shape index (κ1) is 23.4. The Morgan fingerprint density at radius 1 is 0.970 bits per heavy atom. The lowest BCUT2D eigenvalue weighted by Gasteiger charge is -2.33. The van der Waals surface area contributed by atoms with Gasteiger partial charge in [-0.1, -0.05) is 55.3 Å². The third kappa shape index (κ3) is 6.21. The van der Waals surface area contributed by atoms with Crippen LogP contribution in [-0.2, 0) is 26.0 Å². The summed E-state index contributed by atoms with van der Waals surface area (Å²) in [4.78, 5) is 27.6. The highest BCUT2D eigenvalue weighted by Crippen LogP contribution is 2.26. The molecule has 7 nitrogen and oxygen atoms in total. The van der Waals surface area contributed by atoms with Gasteiger partial charge in [0.25, 0.3) is 0 Å². The lowest BCUT2D eigenvalue weighted by molar-refractivity contribution is -0.126. The van der Waals surface area contributed by atoms with Crippen LogP contribution in [0.4, 0.5) is 5.69 Å². The van der Waals surface area contributed by atoms with Crippen molar-refractivity contribution in [2.45, 2.75) is 38.3 Å². The van der Waals surface area contributed by atoms with Gasteiger partial charge in [-0.3, -0.25) is 14.5 Å². The molecule has 0 spiro atoms. The van der Waals surface area contributed by atoms with E-state index in [-0.39, 0.29) is 29.2 Å².